The number of aliphatic imine (C=N–C) groups is 1. The molecule has 1 aromatic rings. The van der Waals surface area contributed by atoms with Crippen LogP contribution in [0.15, 0.2) is 23.5 Å². The first kappa shape index (κ1) is 20.2. The monoisotopic (exact) mass is 434 g/mol. The molecule has 0 saturated carbocycles. The van der Waals surface area contributed by atoms with Gasteiger partial charge >= 0.3 is 0 Å². The van der Waals surface area contributed by atoms with E-state index in [0.717, 1.165) is 38.6 Å². The molecule has 1 aliphatic heterocycles. The number of aromatic nitrogens is 2. The van der Waals surface area contributed by atoms with Gasteiger partial charge in [-0.1, -0.05) is 0 Å². The number of rotatable bonds is 7. The van der Waals surface area contributed by atoms with E-state index in [2.05, 4.69) is 34.6 Å². The topological polar surface area (TPSA) is 57.5 Å². The lowest BCUT2D eigenvalue weighted by Crippen LogP contribution is -2.39. The molecule has 23 heavy (non-hydrogen) atoms. The van der Waals surface area contributed by atoms with Crippen LogP contribution in [-0.4, -0.2) is 60.4 Å². The normalized spacial score (nSPS) is 19.2. The summed E-state index contributed by atoms with van der Waals surface area (Å²) in [6, 6.07) is 1.96. The zero-order valence-corrected chi connectivity index (χ0v) is 16.7. The smallest absolute Gasteiger partial charge is 0.191 e. The Morgan fingerprint density at radius 2 is 2.26 bits per heavy atom. The van der Waals surface area contributed by atoms with Gasteiger partial charge in [0, 0.05) is 45.1 Å². The van der Waals surface area contributed by atoms with Gasteiger partial charge in [0.05, 0.1) is 0 Å². The number of guanidine groups is 1. The second-order valence-corrected chi connectivity index (χ2v) is 6.04. The third kappa shape index (κ3) is 8.01. The van der Waals surface area contributed by atoms with Gasteiger partial charge < -0.3 is 15.5 Å². The van der Waals surface area contributed by atoms with Crippen LogP contribution >= 0.6 is 24.0 Å². The van der Waals surface area contributed by atoms with E-state index in [1.54, 1.807) is 0 Å². The Bertz CT molecular complexity index is 434. The molecule has 6 nitrogen and oxygen atoms in total. The van der Waals surface area contributed by atoms with Gasteiger partial charge in [0.1, 0.15) is 0 Å². The number of halogens is 1. The highest BCUT2D eigenvalue weighted by molar-refractivity contribution is 14.0. The molecule has 0 aromatic carbocycles. The van der Waals surface area contributed by atoms with Crippen molar-refractivity contribution in [1.29, 1.82) is 0 Å². The molecule has 1 aromatic heterocycles. The summed E-state index contributed by atoms with van der Waals surface area (Å²) in [5.41, 5.74) is 0. The summed E-state index contributed by atoms with van der Waals surface area (Å²) in [7, 11) is 2.20. The molecular formula is C16H31IN6. The molecule has 2 rings (SSSR count). The molecule has 0 amide bonds. The quantitative estimate of drug-likeness (QED) is 0.298. The third-order valence-corrected chi connectivity index (χ3v) is 3.99. The van der Waals surface area contributed by atoms with Crippen molar-refractivity contribution in [2.24, 2.45) is 10.9 Å². The number of likely N-dealkylation sites (tertiary alicyclic amines) is 1. The maximum atomic E-state index is 4.75. The van der Waals surface area contributed by atoms with Gasteiger partial charge in [0.25, 0.3) is 0 Å². The van der Waals surface area contributed by atoms with Gasteiger partial charge in [0.15, 0.2) is 5.96 Å². The first-order chi connectivity index (χ1) is 10.8. The van der Waals surface area contributed by atoms with Crippen LogP contribution < -0.4 is 10.6 Å². The minimum absolute atomic E-state index is 0. The first-order valence-electron chi connectivity index (χ1n) is 8.46. The summed E-state index contributed by atoms with van der Waals surface area (Å²) in [4.78, 5) is 7.16. The fourth-order valence-electron chi connectivity index (χ4n) is 2.86. The second-order valence-electron chi connectivity index (χ2n) is 6.04. The summed E-state index contributed by atoms with van der Waals surface area (Å²) in [6.45, 7) is 8.17. The molecule has 132 valence electrons. The third-order valence-electron chi connectivity index (χ3n) is 3.99. The highest BCUT2D eigenvalue weighted by Gasteiger charge is 2.16. The summed E-state index contributed by atoms with van der Waals surface area (Å²) in [5, 5.41) is 11.0. The minimum Gasteiger partial charge on any atom is -0.357 e. The van der Waals surface area contributed by atoms with Gasteiger partial charge in [-0.2, -0.15) is 5.10 Å². The van der Waals surface area contributed by atoms with Crippen LogP contribution in [0.4, 0.5) is 0 Å². The average Bonchev–Trinajstić information content (AvgIpc) is 3.02. The van der Waals surface area contributed by atoms with E-state index in [4.69, 9.17) is 4.99 Å². The zero-order valence-electron chi connectivity index (χ0n) is 14.4. The number of aryl methyl sites for hydroxylation is 1. The summed E-state index contributed by atoms with van der Waals surface area (Å²) in [6.07, 6.45) is 7.45. The average molecular weight is 434 g/mol. The predicted octanol–water partition coefficient (Wildman–Crippen LogP) is 1.79. The van der Waals surface area contributed by atoms with Crippen molar-refractivity contribution < 1.29 is 0 Å². The Hall–Kier alpha value is -0.830. The molecule has 1 atom stereocenters. The summed E-state index contributed by atoms with van der Waals surface area (Å²) < 4.78 is 1.96. The molecule has 0 bridgehead atoms. The van der Waals surface area contributed by atoms with E-state index in [1.807, 2.05) is 23.1 Å². The van der Waals surface area contributed by atoms with Gasteiger partial charge in [-0.3, -0.25) is 9.67 Å². The van der Waals surface area contributed by atoms with Crippen molar-refractivity contribution in [2.45, 2.75) is 32.7 Å². The molecule has 1 fully saturated rings. The lowest BCUT2D eigenvalue weighted by molar-refractivity contribution is 0.214. The molecule has 1 unspecified atom stereocenters. The SMILES string of the molecule is CCNC(=NCC1CCCN(C)C1)NCCCn1cccn1.I. The van der Waals surface area contributed by atoms with Crippen molar-refractivity contribution in [3.05, 3.63) is 18.5 Å². The molecule has 7 heteroatoms. The van der Waals surface area contributed by atoms with Crippen LogP contribution in [0.25, 0.3) is 0 Å². The molecule has 0 aliphatic carbocycles. The van der Waals surface area contributed by atoms with Crippen LogP contribution in [-0.2, 0) is 6.54 Å². The lowest BCUT2D eigenvalue weighted by atomic mass is 9.99. The number of nitrogens with zero attached hydrogens (tertiary/aromatic N) is 4. The van der Waals surface area contributed by atoms with E-state index in [0.29, 0.717) is 5.92 Å². The maximum Gasteiger partial charge on any atom is 0.191 e. The highest BCUT2D eigenvalue weighted by Crippen LogP contribution is 2.14. The molecule has 0 spiro atoms. The summed E-state index contributed by atoms with van der Waals surface area (Å²) >= 11 is 0. The molecule has 1 saturated heterocycles. The standard InChI is InChI=1S/C16H30N6.HI/c1-3-17-16(18-8-5-11-22-12-6-9-20-22)19-13-15-7-4-10-21(2)14-15;/h6,9,12,15H,3-5,7-8,10-11,13-14H2,1-2H3,(H2,17,18,19);1H. The predicted molar refractivity (Wildman–Crippen MR) is 106 cm³/mol. The van der Waals surface area contributed by atoms with Gasteiger partial charge in [-0.05, 0) is 51.8 Å². The van der Waals surface area contributed by atoms with Gasteiger partial charge in [-0.25, -0.2) is 0 Å². The van der Waals surface area contributed by atoms with Crippen LogP contribution in [0, 0.1) is 5.92 Å². The van der Waals surface area contributed by atoms with E-state index < -0.39 is 0 Å². The van der Waals surface area contributed by atoms with Crippen molar-refractivity contribution in [2.75, 3.05) is 39.8 Å². The zero-order chi connectivity index (χ0) is 15.6. The van der Waals surface area contributed by atoms with Gasteiger partial charge in [0.2, 0.25) is 0 Å². The first-order valence-corrected chi connectivity index (χ1v) is 8.46. The molecule has 1 aliphatic rings. The Labute approximate surface area is 157 Å². The van der Waals surface area contributed by atoms with Crippen LogP contribution in [0.5, 0.6) is 0 Å². The fraction of sp³-hybridized carbons (Fsp3) is 0.750. The van der Waals surface area contributed by atoms with Crippen molar-refractivity contribution in [3.63, 3.8) is 0 Å². The summed E-state index contributed by atoms with van der Waals surface area (Å²) in [5.74, 6) is 1.63. The van der Waals surface area contributed by atoms with Gasteiger partial charge in [-0.15, -0.1) is 24.0 Å². The maximum absolute atomic E-state index is 4.75. The number of hydrogen-bond acceptors (Lipinski definition) is 3. The minimum atomic E-state index is 0. The van der Waals surface area contributed by atoms with E-state index >= 15 is 0 Å². The van der Waals surface area contributed by atoms with Crippen molar-refractivity contribution in [3.8, 4) is 0 Å². The second kappa shape index (κ2) is 11.7. The van der Waals surface area contributed by atoms with E-state index in [1.165, 1.54) is 25.9 Å². The lowest BCUT2D eigenvalue weighted by Gasteiger charge is -2.28. The number of hydrogen-bond donors (Lipinski definition) is 2. The van der Waals surface area contributed by atoms with E-state index in [9.17, 15) is 0 Å². The van der Waals surface area contributed by atoms with Crippen LogP contribution in [0.3, 0.4) is 0 Å². The van der Waals surface area contributed by atoms with Crippen LogP contribution in [0.2, 0.25) is 0 Å². The van der Waals surface area contributed by atoms with Crippen LogP contribution in [0.1, 0.15) is 26.2 Å². The van der Waals surface area contributed by atoms with Crippen molar-refractivity contribution in [1.82, 2.24) is 25.3 Å². The number of nitrogens with one attached hydrogen (secondary N) is 2. The molecule has 2 heterocycles. The molecule has 2 N–H and O–H groups in total. The molecule has 0 radical (unpaired) electrons. The Kier molecular flexibility index (Phi) is 10.3. The number of piperidine rings is 1. The Morgan fingerprint density at radius 1 is 1.39 bits per heavy atom. The molecular weight excluding hydrogens is 403 g/mol. The Morgan fingerprint density at radius 3 is 2.96 bits per heavy atom. The fourth-order valence-corrected chi connectivity index (χ4v) is 2.86. The Balaban J connectivity index is 0.00000264. The highest BCUT2D eigenvalue weighted by atomic mass is 127. The largest absolute Gasteiger partial charge is 0.357 e. The van der Waals surface area contributed by atoms with E-state index in [-0.39, 0.29) is 24.0 Å². The van der Waals surface area contributed by atoms with Crippen molar-refractivity contribution >= 4 is 29.9 Å².